The number of hydrogen-bond acceptors (Lipinski definition) is 4. The number of hydrogen-bond donors (Lipinski definition) is 2. The highest BCUT2D eigenvalue weighted by atomic mass is 16.5. The van der Waals surface area contributed by atoms with Gasteiger partial charge < -0.3 is 14.8 Å². The minimum Gasteiger partial charge on any atom is -0.496 e. The maximum Gasteiger partial charge on any atom is 0.259 e. The molecule has 1 amide bonds. The SMILES string of the molecule is COc1ccccc1-c1cc(NC(=O)[C@H](OC)c2ccccc2)n[nH]1. The average Bonchev–Trinajstić information content (AvgIpc) is 3.11. The second kappa shape index (κ2) is 7.63. The van der Waals surface area contributed by atoms with E-state index in [2.05, 4.69) is 15.5 Å². The molecule has 0 saturated carbocycles. The van der Waals surface area contributed by atoms with Gasteiger partial charge >= 0.3 is 0 Å². The van der Waals surface area contributed by atoms with Crippen molar-refractivity contribution < 1.29 is 14.3 Å². The van der Waals surface area contributed by atoms with Crippen LogP contribution in [0.5, 0.6) is 5.75 Å². The largest absolute Gasteiger partial charge is 0.496 e. The van der Waals surface area contributed by atoms with Gasteiger partial charge in [0.25, 0.3) is 5.91 Å². The molecule has 0 unspecified atom stereocenters. The molecule has 0 spiro atoms. The Morgan fingerprint density at radius 2 is 1.80 bits per heavy atom. The minimum atomic E-state index is -0.701. The van der Waals surface area contributed by atoms with Crippen molar-refractivity contribution in [2.24, 2.45) is 0 Å². The Hall–Kier alpha value is -3.12. The fourth-order valence-electron chi connectivity index (χ4n) is 2.60. The smallest absolute Gasteiger partial charge is 0.259 e. The van der Waals surface area contributed by atoms with Crippen molar-refractivity contribution in [2.75, 3.05) is 19.5 Å². The number of para-hydroxylation sites is 1. The number of H-pyrrole nitrogens is 1. The number of ether oxygens (including phenoxy) is 2. The maximum atomic E-state index is 12.5. The predicted molar refractivity (Wildman–Crippen MR) is 95.4 cm³/mol. The molecule has 1 atom stereocenters. The van der Waals surface area contributed by atoms with Crippen molar-refractivity contribution >= 4 is 11.7 Å². The number of rotatable bonds is 6. The van der Waals surface area contributed by atoms with Crippen molar-refractivity contribution in [3.05, 3.63) is 66.2 Å². The van der Waals surface area contributed by atoms with E-state index < -0.39 is 6.10 Å². The fourth-order valence-corrected chi connectivity index (χ4v) is 2.60. The zero-order valence-electron chi connectivity index (χ0n) is 14.0. The Balaban J connectivity index is 1.78. The van der Waals surface area contributed by atoms with Crippen LogP contribution in [0.4, 0.5) is 5.82 Å². The van der Waals surface area contributed by atoms with E-state index in [1.54, 1.807) is 13.2 Å². The van der Waals surface area contributed by atoms with Crippen LogP contribution in [0.1, 0.15) is 11.7 Å². The number of anilines is 1. The van der Waals surface area contributed by atoms with E-state index in [-0.39, 0.29) is 5.91 Å². The van der Waals surface area contributed by atoms with Crippen LogP contribution in [0.15, 0.2) is 60.7 Å². The number of methoxy groups -OCH3 is 2. The van der Waals surface area contributed by atoms with Gasteiger partial charge in [0, 0.05) is 18.7 Å². The van der Waals surface area contributed by atoms with E-state index in [1.165, 1.54) is 7.11 Å². The number of aromatic amines is 1. The lowest BCUT2D eigenvalue weighted by molar-refractivity contribution is -0.126. The first-order valence-corrected chi connectivity index (χ1v) is 7.80. The van der Waals surface area contributed by atoms with Gasteiger partial charge in [-0.15, -0.1) is 0 Å². The van der Waals surface area contributed by atoms with Crippen LogP contribution in [-0.4, -0.2) is 30.3 Å². The highest BCUT2D eigenvalue weighted by Gasteiger charge is 2.21. The Bertz CT molecular complexity index is 846. The fraction of sp³-hybridized carbons (Fsp3) is 0.158. The quantitative estimate of drug-likeness (QED) is 0.723. The van der Waals surface area contributed by atoms with E-state index in [0.717, 1.165) is 22.6 Å². The first-order chi connectivity index (χ1) is 12.2. The standard InChI is InChI=1S/C19H19N3O3/c1-24-16-11-7-6-10-14(16)15-12-17(22-21-15)20-19(23)18(25-2)13-8-4-3-5-9-13/h3-12,18H,1-2H3,(H2,20,21,22,23)/t18-/m1/s1. The molecule has 0 fully saturated rings. The van der Waals surface area contributed by atoms with E-state index in [0.29, 0.717) is 5.82 Å². The molecule has 128 valence electrons. The lowest BCUT2D eigenvalue weighted by Gasteiger charge is -2.14. The Morgan fingerprint density at radius 3 is 2.52 bits per heavy atom. The molecule has 2 N–H and O–H groups in total. The number of carbonyl (C=O) groups excluding carboxylic acids is 1. The van der Waals surface area contributed by atoms with Crippen molar-refractivity contribution in [3.8, 4) is 17.0 Å². The number of nitrogens with zero attached hydrogens (tertiary/aromatic N) is 1. The van der Waals surface area contributed by atoms with Crippen molar-refractivity contribution in [2.45, 2.75) is 6.10 Å². The van der Waals surface area contributed by atoms with Gasteiger partial charge in [-0.05, 0) is 17.7 Å². The molecule has 3 aromatic rings. The van der Waals surface area contributed by atoms with Crippen LogP contribution in [0.3, 0.4) is 0 Å². The zero-order chi connectivity index (χ0) is 17.6. The third-order valence-electron chi connectivity index (χ3n) is 3.80. The molecule has 1 aromatic heterocycles. The van der Waals surface area contributed by atoms with Crippen LogP contribution in [0.2, 0.25) is 0 Å². The summed E-state index contributed by atoms with van der Waals surface area (Å²) in [5.41, 5.74) is 2.40. The van der Waals surface area contributed by atoms with Crippen LogP contribution in [0.25, 0.3) is 11.3 Å². The van der Waals surface area contributed by atoms with Gasteiger partial charge in [-0.3, -0.25) is 9.89 Å². The molecule has 0 aliphatic rings. The van der Waals surface area contributed by atoms with Gasteiger partial charge in [-0.2, -0.15) is 5.10 Å². The molecule has 25 heavy (non-hydrogen) atoms. The molecule has 3 rings (SSSR count). The number of benzene rings is 2. The first-order valence-electron chi connectivity index (χ1n) is 7.80. The van der Waals surface area contributed by atoms with E-state index >= 15 is 0 Å². The molecule has 0 aliphatic carbocycles. The topological polar surface area (TPSA) is 76.2 Å². The highest BCUT2D eigenvalue weighted by Crippen LogP contribution is 2.29. The van der Waals surface area contributed by atoms with Gasteiger partial charge in [0.15, 0.2) is 11.9 Å². The lowest BCUT2D eigenvalue weighted by atomic mass is 10.1. The molecule has 6 nitrogen and oxygen atoms in total. The Labute approximate surface area is 145 Å². The molecule has 1 heterocycles. The summed E-state index contributed by atoms with van der Waals surface area (Å²) in [6, 6.07) is 18.7. The van der Waals surface area contributed by atoms with E-state index in [4.69, 9.17) is 9.47 Å². The van der Waals surface area contributed by atoms with Crippen LogP contribution in [-0.2, 0) is 9.53 Å². The predicted octanol–water partition coefficient (Wildman–Crippen LogP) is 3.41. The summed E-state index contributed by atoms with van der Waals surface area (Å²) in [6.07, 6.45) is -0.701. The second-order valence-corrected chi connectivity index (χ2v) is 5.38. The number of aromatic nitrogens is 2. The van der Waals surface area contributed by atoms with Crippen molar-refractivity contribution in [1.82, 2.24) is 10.2 Å². The van der Waals surface area contributed by atoms with Crippen LogP contribution < -0.4 is 10.1 Å². The summed E-state index contributed by atoms with van der Waals surface area (Å²) in [4.78, 5) is 12.5. The van der Waals surface area contributed by atoms with E-state index in [9.17, 15) is 4.79 Å². The molecule has 0 saturated heterocycles. The first kappa shape index (κ1) is 16.7. The van der Waals surface area contributed by atoms with Gasteiger partial charge in [0.2, 0.25) is 0 Å². The third-order valence-corrected chi connectivity index (χ3v) is 3.80. The lowest BCUT2D eigenvalue weighted by Crippen LogP contribution is -2.22. The number of nitrogens with one attached hydrogen (secondary N) is 2. The Morgan fingerprint density at radius 1 is 1.08 bits per heavy atom. The van der Waals surface area contributed by atoms with Crippen molar-refractivity contribution in [1.29, 1.82) is 0 Å². The average molecular weight is 337 g/mol. The second-order valence-electron chi connectivity index (χ2n) is 5.38. The molecular weight excluding hydrogens is 318 g/mol. The number of carbonyl (C=O) groups is 1. The third kappa shape index (κ3) is 3.70. The summed E-state index contributed by atoms with van der Waals surface area (Å²) in [7, 11) is 3.11. The molecule has 0 radical (unpaired) electrons. The summed E-state index contributed by atoms with van der Waals surface area (Å²) >= 11 is 0. The summed E-state index contributed by atoms with van der Waals surface area (Å²) in [5.74, 6) is 0.860. The zero-order valence-corrected chi connectivity index (χ0v) is 14.0. The monoisotopic (exact) mass is 337 g/mol. The molecule has 2 aromatic carbocycles. The number of amides is 1. The van der Waals surface area contributed by atoms with E-state index in [1.807, 2.05) is 54.6 Å². The normalized spacial score (nSPS) is 11.8. The van der Waals surface area contributed by atoms with Crippen LogP contribution >= 0.6 is 0 Å². The maximum absolute atomic E-state index is 12.5. The molecule has 0 aliphatic heterocycles. The van der Waals surface area contributed by atoms with Gasteiger partial charge in [-0.1, -0.05) is 42.5 Å². The highest BCUT2D eigenvalue weighted by molar-refractivity contribution is 5.94. The van der Waals surface area contributed by atoms with Gasteiger partial charge in [0.05, 0.1) is 12.8 Å². The van der Waals surface area contributed by atoms with Crippen LogP contribution in [0, 0.1) is 0 Å². The van der Waals surface area contributed by atoms with Gasteiger partial charge in [0.1, 0.15) is 5.75 Å². The van der Waals surface area contributed by atoms with Gasteiger partial charge in [-0.25, -0.2) is 0 Å². The molecular formula is C19H19N3O3. The molecule has 0 bridgehead atoms. The van der Waals surface area contributed by atoms with Crippen molar-refractivity contribution in [3.63, 3.8) is 0 Å². The Kier molecular flexibility index (Phi) is 5.11. The summed E-state index contributed by atoms with van der Waals surface area (Å²) in [5, 5.41) is 9.84. The summed E-state index contributed by atoms with van der Waals surface area (Å²) < 4.78 is 10.7. The molecule has 6 heteroatoms. The minimum absolute atomic E-state index is 0.285. The summed E-state index contributed by atoms with van der Waals surface area (Å²) in [6.45, 7) is 0.